The molecule has 0 bridgehead atoms. The van der Waals surface area contributed by atoms with Gasteiger partial charge in [-0.15, -0.1) is 0 Å². The zero-order chi connectivity index (χ0) is 16.4. The molecule has 0 aromatic rings. The summed E-state index contributed by atoms with van der Waals surface area (Å²) < 4.78 is 8.99. The van der Waals surface area contributed by atoms with E-state index in [1.165, 1.54) is 12.6 Å². The van der Waals surface area contributed by atoms with E-state index in [9.17, 15) is 0 Å². The van der Waals surface area contributed by atoms with Gasteiger partial charge in [0.1, 0.15) is 16.5 Å². The zero-order valence-corrected chi connectivity index (χ0v) is 19.0. The summed E-state index contributed by atoms with van der Waals surface area (Å²) in [5.74, 6) is 0. The molecule has 0 heterocycles. The van der Waals surface area contributed by atoms with E-state index in [4.69, 9.17) is 4.43 Å². The van der Waals surface area contributed by atoms with Crippen LogP contribution in [0.2, 0.25) is 56.9 Å². The van der Waals surface area contributed by atoms with Crippen molar-refractivity contribution in [2.24, 2.45) is 0 Å². The number of hydrogen-bond donors (Lipinski definition) is 0. The maximum Gasteiger partial charge on any atom is 0.187 e. The fourth-order valence-corrected chi connectivity index (χ4v) is 14.8. The Morgan fingerprint density at radius 1 is 0.900 bits per heavy atom. The molecule has 0 rings (SSSR count). The third-order valence-electron chi connectivity index (χ3n) is 4.79. The Hall–Kier alpha value is 0.571. The average molecular weight is 334 g/mol. The van der Waals surface area contributed by atoms with Crippen LogP contribution in [0.25, 0.3) is 0 Å². The van der Waals surface area contributed by atoms with E-state index in [2.05, 4.69) is 77.8 Å². The molecule has 20 heavy (non-hydrogen) atoms. The van der Waals surface area contributed by atoms with E-state index in [1.807, 2.05) is 0 Å². The highest BCUT2D eigenvalue weighted by atomic mass is 28.4. The van der Waals surface area contributed by atoms with Crippen molar-refractivity contribution in [2.45, 2.75) is 84.6 Å². The summed E-state index contributed by atoms with van der Waals surface area (Å²) in [5.41, 5.74) is 0. The maximum atomic E-state index is 6.03. The lowest BCUT2D eigenvalue weighted by Crippen LogP contribution is -2.65. The first-order valence-corrected chi connectivity index (χ1v) is 17.6. The van der Waals surface area contributed by atoms with Crippen LogP contribution in [0.3, 0.4) is 0 Å². The molecule has 0 fully saturated rings. The van der Waals surface area contributed by atoms with Crippen LogP contribution in [0.5, 0.6) is 0 Å². The molecule has 0 aromatic heterocycles. The SMILES string of the molecule is CCO[Si](C)(C)CCN([Si](C)(C)C)[Si](C)(C)C(C)(C)C. The quantitative estimate of drug-likeness (QED) is 0.581. The second-order valence-corrected chi connectivity index (χ2v) is 23.9. The molecule has 0 N–H and O–H groups in total. The molecule has 0 aromatic carbocycles. The van der Waals surface area contributed by atoms with Gasteiger partial charge < -0.3 is 8.66 Å². The van der Waals surface area contributed by atoms with Crippen molar-refractivity contribution < 1.29 is 4.43 Å². The van der Waals surface area contributed by atoms with Gasteiger partial charge in [-0.3, -0.25) is 0 Å². The molecule has 0 aliphatic carbocycles. The first kappa shape index (κ1) is 20.6. The predicted molar refractivity (Wildman–Crippen MR) is 101 cm³/mol. The monoisotopic (exact) mass is 333 g/mol. The van der Waals surface area contributed by atoms with Gasteiger partial charge in [0.15, 0.2) is 8.32 Å². The van der Waals surface area contributed by atoms with E-state index < -0.39 is 24.8 Å². The predicted octanol–water partition coefficient (Wildman–Crippen LogP) is 5.37. The highest BCUT2D eigenvalue weighted by Gasteiger charge is 2.45. The minimum Gasteiger partial charge on any atom is -0.418 e. The van der Waals surface area contributed by atoms with Crippen molar-refractivity contribution in [3.8, 4) is 0 Å². The van der Waals surface area contributed by atoms with Crippen molar-refractivity contribution in [3.63, 3.8) is 0 Å². The van der Waals surface area contributed by atoms with Crippen LogP contribution in [-0.2, 0) is 4.43 Å². The molecule has 122 valence electrons. The van der Waals surface area contributed by atoms with Gasteiger partial charge in [0.25, 0.3) is 0 Å². The van der Waals surface area contributed by atoms with Crippen LogP contribution in [0.1, 0.15) is 27.7 Å². The van der Waals surface area contributed by atoms with Crippen molar-refractivity contribution in [1.29, 1.82) is 0 Å². The first-order valence-electron chi connectivity index (χ1n) is 8.07. The molecule has 0 unspecified atom stereocenters. The molecular formula is C15H39NOSi3. The summed E-state index contributed by atoms with van der Waals surface area (Å²) in [6, 6.07) is 1.26. The van der Waals surface area contributed by atoms with Crippen LogP contribution < -0.4 is 0 Å². The topological polar surface area (TPSA) is 12.5 Å². The largest absolute Gasteiger partial charge is 0.418 e. The Labute approximate surface area is 131 Å². The van der Waals surface area contributed by atoms with Crippen LogP contribution in [0.15, 0.2) is 0 Å². The van der Waals surface area contributed by atoms with Gasteiger partial charge in [-0.05, 0) is 37.6 Å². The smallest absolute Gasteiger partial charge is 0.187 e. The molecule has 0 spiro atoms. The molecule has 0 aliphatic rings. The van der Waals surface area contributed by atoms with Gasteiger partial charge in [-0.25, -0.2) is 0 Å². The molecule has 5 heteroatoms. The lowest BCUT2D eigenvalue weighted by atomic mass is 10.2. The van der Waals surface area contributed by atoms with Crippen molar-refractivity contribution in [3.05, 3.63) is 0 Å². The Balaban J connectivity index is 5.14. The molecule has 0 radical (unpaired) electrons. The molecular weight excluding hydrogens is 294 g/mol. The average Bonchev–Trinajstić information content (AvgIpc) is 2.12. The molecule has 0 saturated carbocycles. The third-order valence-corrected chi connectivity index (χ3v) is 18.1. The normalized spacial score (nSPS) is 15.0. The summed E-state index contributed by atoms with van der Waals surface area (Å²) in [7, 11) is -4.20. The maximum absolute atomic E-state index is 6.03. The van der Waals surface area contributed by atoms with E-state index in [1.54, 1.807) is 0 Å². The summed E-state index contributed by atoms with van der Waals surface area (Å²) in [6.07, 6.45) is 0. The van der Waals surface area contributed by atoms with Crippen LogP contribution in [-0.4, -0.2) is 42.2 Å². The number of nitrogens with zero attached hydrogens (tertiary/aromatic N) is 1. The Bertz CT molecular complexity index is 303. The van der Waals surface area contributed by atoms with Crippen molar-refractivity contribution in [1.82, 2.24) is 4.23 Å². The van der Waals surface area contributed by atoms with Gasteiger partial charge in [-0.1, -0.05) is 53.5 Å². The van der Waals surface area contributed by atoms with E-state index in [0.717, 1.165) is 6.61 Å². The van der Waals surface area contributed by atoms with Crippen molar-refractivity contribution >= 4 is 24.8 Å². The fraction of sp³-hybridized carbons (Fsp3) is 1.00. The lowest BCUT2D eigenvalue weighted by molar-refractivity contribution is 0.327. The van der Waals surface area contributed by atoms with Gasteiger partial charge in [0, 0.05) is 6.61 Å². The molecule has 0 amide bonds. The van der Waals surface area contributed by atoms with E-state index in [0.29, 0.717) is 5.04 Å². The summed E-state index contributed by atoms with van der Waals surface area (Å²) in [5, 5.41) is 0.421. The molecule has 2 nitrogen and oxygen atoms in total. The lowest BCUT2D eigenvalue weighted by Gasteiger charge is -2.52. The zero-order valence-electron chi connectivity index (χ0n) is 16.0. The second-order valence-electron chi connectivity index (χ2n) is 9.07. The second kappa shape index (κ2) is 6.77. The third kappa shape index (κ3) is 5.75. The Morgan fingerprint density at radius 3 is 1.65 bits per heavy atom. The van der Waals surface area contributed by atoms with Crippen LogP contribution >= 0.6 is 0 Å². The van der Waals surface area contributed by atoms with Crippen LogP contribution in [0, 0.1) is 0 Å². The summed E-state index contributed by atoms with van der Waals surface area (Å²) >= 11 is 0. The van der Waals surface area contributed by atoms with Gasteiger partial charge in [0.05, 0.1) is 0 Å². The summed E-state index contributed by atoms with van der Waals surface area (Å²) in [4.78, 5) is 0. The van der Waals surface area contributed by atoms with E-state index in [-0.39, 0.29) is 0 Å². The van der Waals surface area contributed by atoms with Gasteiger partial charge >= 0.3 is 0 Å². The Kier molecular flexibility index (Phi) is 6.96. The first-order chi connectivity index (χ1) is 8.65. The van der Waals surface area contributed by atoms with E-state index >= 15 is 0 Å². The summed E-state index contributed by atoms with van der Waals surface area (Å²) in [6.45, 7) is 28.9. The standard InChI is InChI=1S/C15H39NOSi3/c1-12-17-19(8,9)14-13-16(18(5,6)7)20(10,11)15(2,3)4/h12-14H2,1-11H3. The van der Waals surface area contributed by atoms with Gasteiger partial charge in [-0.2, -0.15) is 0 Å². The number of hydrogen-bond acceptors (Lipinski definition) is 2. The minimum absolute atomic E-state index is 0.421. The Morgan fingerprint density at radius 2 is 1.35 bits per heavy atom. The molecule has 0 atom stereocenters. The van der Waals surface area contributed by atoms with Crippen LogP contribution in [0.4, 0.5) is 0 Å². The minimum atomic E-state index is -1.48. The number of rotatable bonds is 7. The van der Waals surface area contributed by atoms with Crippen molar-refractivity contribution in [2.75, 3.05) is 13.2 Å². The van der Waals surface area contributed by atoms with Gasteiger partial charge in [0.2, 0.25) is 0 Å². The highest BCUT2D eigenvalue weighted by Crippen LogP contribution is 2.40. The fourth-order valence-electron chi connectivity index (χ4n) is 2.70. The molecule has 0 aliphatic heterocycles. The highest BCUT2D eigenvalue weighted by molar-refractivity contribution is 6.91. The molecule has 0 saturated heterocycles.